The quantitative estimate of drug-likeness (QED) is 0.912. The predicted molar refractivity (Wildman–Crippen MR) is 75.2 cm³/mol. The third-order valence-electron chi connectivity index (χ3n) is 3.27. The summed E-state index contributed by atoms with van der Waals surface area (Å²) in [6.07, 6.45) is 1.23. The van der Waals surface area contributed by atoms with E-state index in [0.717, 1.165) is 24.9 Å². The molecule has 1 aromatic rings. The van der Waals surface area contributed by atoms with E-state index in [2.05, 4.69) is 11.8 Å². The highest BCUT2D eigenvalue weighted by atomic mass is 32.2. The molecule has 1 heterocycles. The maximum absolute atomic E-state index is 10.8. The number of carbonyl (C=O) groups is 1. The Morgan fingerprint density at radius 2 is 2.11 bits per heavy atom. The van der Waals surface area contributed by atoms with Crippen LogP contribution in [0.25, 0.3) is 0 Å². The van der Waals surface area contributed by atoms with E-state index in [-0.39, 0.29) is 0 Å². The molecule has 98 valence electrons. The van der Waals surface area contributed by atoms with Gasteiger partial charge in [-0.15, -0.1) is 0 Å². The van der Waals surface area contributed by atoms with E-state index in [1.54, 1.807) is 12.1 Å². The Hall–Kier alpha value is -1.00. The first kappa shape index (κ1) is 13.4. The molecule has 1 saturated heterocycles. The van der Waals surface area contributed by atoms with Gasteiger partial charge in [0.25, 0.3) is 0 Å². The molecule has 0 amide bonds. The number of rotatable bonds is 3. The Morgan fingerprint density at radius 1 is 1.39 bits per heavy atom. The van der Waals surface area contributed by atoms with Crippen molar-refractivity contribution in [1.82, 2.24) is 4.90 Å². The van der Waals surface area contributed by atoms with Gasteiger partial charge in [-0.3, -0.25) is 4.90 Å². The summed E-state index contributed by atoms with van der Waals surface area (Å²) < 4.78 is 0. The first-order chi connectivity index (χ1) is 8.65. The zero-order valence-electron chi connectivity index (χ0n) is 10.6. The molecule has 0 bridgehead atoms. The van der Waals surface area contributed by atoms with Crippen molar-refractivity contribution in [2.24, 2.45) is 0 Å². The fraction of sp³-hybridized carbons (Fsp3) is 0.500. The summed E-state index contributed by atoms with van der Waals surface area (Å²) in [5.41, 5.74) is 1.55. The number of carboxylic acids is 1. The van der Waals surface area contributed by atoms with Gasteiger partial charge in [-0.2, -0.15) is 11.8 Å². The number of benzene rings is 1. The van der Waals surface area contributed by atoms with E-state index in [0.29, 0.717) is 5.56 Å². The second kappa shape index (κ2) is 6.25. The van der Waals surface area contributed by atoms with Crippen molar-refractivity contribution >= 4 is 17.7 Å². The summed E-state index contributed by atoms with van der Waals surface area (Å²) in [6.45, 7) is 5.47. The summed E-state index contributed by atoms with van der Waals surface area (Å²) in [5.74, 6) is 0.329. The Balaban J connectivity index is 1.94. The van der Waals surface area contributed by atoms with Gasteiger partial charge in [-0.25, -0.2) is 4.79 Å². The van der Waals surface area contributed by atoms with Crippen LogP contribution in [0.3, 0.4) is 0 Å². The lowest BCUT2D eigenvalue weighted by atomic mass is 10.1. The normalized spacial score (nSPS) is 21.5. The second-order valence-corrected chi connectivity index (χ2v) is 6.29. The number of hydrogen-bond acceptors (Lipinski definition) is 3. The second-order valence-electron chi connectivity index (χ2n) is 4.75. The van der Waals surface area contributed by atoms with Crippen molar-refractivity contribution in [3.63, 3.8) is 0 Å². The molecule has 0 aliphatic carbocycles. The van der Waals surface area contributed by atoms with Gasteiger partial charge >= 0.3 is 5.97 Å². The van der Waals surface area contributed by atoms with Crippen LogP contribution >= 0.6 is 11.8 Å². The van der Waals surface area contributed by atoms with Crippen molar-refractivity contribution in [2.45, 2.75) is 25.1 Å². The van der Waals surface area contributed by atoms with E-state index in [4.69, 9.17) is 5.11 Å². The van der Waals surface area contributed by atoms with Crippen LogP contribution in [0.1, 0.15) is 29.3 Å². The number of thioether (sulfide) groups is 1. The Bertz CT molecular complexity index is 405. The highest BCUT2D eigenvalue weighted by Crippen LogP contribution is 2.20. The molecule has 0 radical (unpaired) electrons. The molecule has 1 atom stereocenters. The van der Waals surface area contributed by atoms with Crippen molar-refractivity contribution in [3.05, 3.63) is 35.4 Å². The molecule has 0 saturated carbocycles. The van der Waals surface area contributed by atoms with Crippen LogP contribution in [0.4, 0.5) is 0 Å². The van der Waals surface area contributed by atoms with Gasteiger partial charge in [0.15, 0.2) is 0 Å². The van der Waals surface area contributed by atoms with Crippen LogP contribution in [0, 0.1) is 0 Å². The predicted octanol–water partition coefficient (Wildman–Crippen LogP) is 2.71. The molecule has 1 aromatic carbocycles. The maximum atomic E-state index is 10.8. The molecule has 4 heteroatoms. The van der Waals surface area contributed by atoms with Gasteiger partial charge in [0.2, 0.25) is 0 Å². The Morgan fingerprint density at radius 3 is 2.78 bits per heavy atom. The standard InChI is InChI=1S/C14H19NO2S/c1-11-6-7-15(8-9-18-11)10-12-2-4-13(5-3-12)14(16)17/h2-5,11H,6-10H2,1H3,(H,16,17). The average Bonchev–Trinajstić information content (AvgIpc) is 2.55. The molecule has 1 N–H and O–H groups in total. The molecule has 1 aliphatic heterocycles. The minimum atomic E-state index is -0.860. The molecular weight excluding hydrogens is 246 g/mol. The van der Waals surface area contributed by atoms with Gasteiger partial charge in [-0.05, 0) is 30.7 Å². The van der Waals surface area contributed by atoms with Gasteiger partial charge in [0.1, 0.15) is 0 Å². The molecule has 1 unspecified atom stereocenters. The van der Waals surface area contributed by atoms with Crippen LogP contribution in [0.5, 0.6) is 0 Å². The minimum absolute atomic E-state index is 0.360. The van der Waals surface area contributed by atoms with Crippen LogP contribution in [0.2, 0.25) is 0 Å². The lowest BCUT2D eigenvalue weighted by Gasteiger charge is -2.19. The molecule has 3 nitrogen and oxygen atoms in total. The average molecular weight is 265 g/mol. The van der Waals surface area contributed by atoms with E-state index < -0.39 is 5.97 Å². The van der Waals surface area contributed by atoms with Crippen LogP contribution in [-0.4, -0.2) is 40.1 Å². The monoisotopic (exact) mass is 265 g/mol. The minimum Gasteiger partial charge on any atom is -0.478 e. The van der Waals surface area contributed by atoms with Crippen LogP contribution in [-0.2, 0) is 6.54 Å². The zero-order valence-corrected chi connectivity index (χ0v) is 11.4. The topological polar surface area (TPSA) is 40.5 Å². The molecule has 0 spiro atoms. The Kier molecular flexibility index (Phi) is 4.66. The number of aromatic carboxylic acids is 1. The van der Waals surface area contributed by atoms with Gasteiger partial charge in [0.05, 0.1) is 5.56 Å². The first-order valence-corrected chi connectivity index (χ1v) is 7.36. The fourth-order valence-corrected chi connectivity index (χ4v) is 3.15. The number of nitrogens with zero attached hydrogens (tertiary/aromatic N) is 1. The Labute approximate surface area is 112 Å². The summed E-state index contributed by atoms with van der Waals surface area (Å²) >= 11 is 2.04. The van der Waals surface area contributed by atoms with Gasteiger partial charge in [0, 0.05) is 24.1 Å². The van der Waals surface area contributed by atoms with E-state index in [1.165, 1.54) is 17.7 Å². The van der Waals surface area contributed by atoms with E-state index in [1.807, 2.05) is 23.9 Å². The zero-order chi connectivity index (χ0) is 13.0. The van der Waals surface area contributed by atoms with E-state index in [9.17, 15) is 4.79 Å². The number of carboxylic acid groups (broad SMARTS) is 1. The fourth-order valence-electron chi connectivity index (χ4n) is 2.11. The summed E-state index contributed by atoms with van der Waals surface area (Å²) in [7, 11) is 0. The molecule has 1 fully saturated rings. The highest BCUT2D eigenvalue weighted by Gasteiger charge is 2.14. The van der Waals surface area contributed by atoms with Crippen molar-refractivity contribution in [2.75, 3.05) is 18.8 Å². The SMILES string of the molecule is CC1CCN(Cc2ccc(C(=O)O)cc2)CCS1. The first-order valence-electron chi connectivity index (χ1n) is 6.31. The maximum Gasteiger partial charge on any atom is 0.335 e. The smallest absolute Gasteiger partial charge is 0.335 e. The van der Waals surface area contributed by atoms with Crippen LogP contribution in [0.15, 0.2) is 24.3 Å². The summed E-state index contributed by atoms with van der Waals surface area (Å²) in [4.78, 5) is 13.2. The molecule has 0 aromatic heterocycles. The lowest BCUT2D eigenvalue weighted by molar-refractivity contribution is 0.0697. The van der Waals surface area contributed by atoms with Gasteiger partial charge in [-0.1, -0.05) is 19.1 Å². The highest BCUT2D eigenvalue weighted by molar-refractivity contribution is 7.99. The van der Waals surface area contributed by atoms with Crippen molar-refractivity contribution in [1.29, 1.82) is 0 Å². The molecule has 1 aliphatic rings. The molecule has 18 heavy (non-hydrogen) atoms. The van der Waals surface area contributed by atoms with Gasteiger partial charge < -0.3 is 5.11 Å². The largest absolute Gasteiger partial charge is 0.478 e. The van der Waals surface area contributed by atoms with Crippen LogP contribution < -0.4 is 0 Å². The molecule has 2 rings (SSSR count). The molecular formula is C14H19NO2S. The summed E-state index contributed by atoms with van der Waals surface area (Å²) in [5, 5.41) is 9.60. The lowest BCUT2D eigenvalue weighted by Crippen LogP contribution is -2.25. The van der Waals surface area contributed by atoms with Crippen molar-refractivity contribution < 1.29 is 9.90 Å². The third kappa shape index (κ3) is 3.75. The van der Waals surface area contributed by atoms with E-state index >= 15 is 0 Å². The van der Waals surface area contributed by atoms with Crippen molar-refractivity contribution in [3.8, 4) is 0 Å². The third-order valence-corrected chi connectivity index (χ3v) is 4.49. The summed E-state index contributed by atoms with van der Waals surface area (Å²) in [6, 6.07) is 7.22. The number of hydrogen-bond donors (Lipinski definition) is 1.